The molecule has 2 unspecified atom stereocenters. The number of hydrogen-bond donors (Lipinski definition) is 0. The van der Waals surface area contributed by atoms with E-state index in [0.29, 0.717) is 0 Å². The van der Waals surface area contributed by atoms with E-state index < -0.39 is 78.5 Å². The minimum atomic E-state index is -3.54. The first-order valence-electron chi connectivity index (χ1n) is 16.7. The van der Waals surface area contributed by atoms with Gasteiger partial charge in [0.15, 0.2) is 5.69 Å². The summed E-state index contributed by atoms with van der Waals surface area (Å²) in [6.45, 7) is 10.3. The number of hydrogen-bond acceptors (Lipinski definition) is 2. The second kappa shape index (κ2) is 8.96. The normalized spacial score (nSPS) is 32.0. The maximum atomic E-state index is 15.1. The molecule has 4 heteroatoms. The van der Waals surface area contributed by atoms with E-state index in [-0.39, 0.29) is 38.4 Å². The van der Waals surface area contributed by atoms with E-state index in [1.807, 2.05) is 0 Å². The van der Waals surface area contributed by atoms with Gasteiger partial charge in [-0.2, -0.15) is 0 Å². The molecule has 2 aromatic rings. The number of fused-ring (bicyclic) bond motifs is 1. The zero-order valence-corrected chi connectivity index (χ0v) is 19.7. The number of rotatable bonds is 6. The predicted octanol–water partition coefficient (Wildman–Crippen LogP) is 7.31. The highest BCUT2D eigenvalue weighted by Crippen LogP contribution is 2.54. The van der Waals surface area contributed by atoms with E-state index >= 15 is 4.39 Å². The Morgan fingerprint density at radius 1 is 1.28 bits per heavy atom. The van der Waals surface area contributed by atoms with E-state index in [1.165, 1.54) is 34.6 Å². The van der Waals surface area contributed by atoms with Gasteiger partial charge in [-0.3, -0.25) is 0 Å². The van der Waals surface area contributed by atoms with Crippen molar-refractivity contribution in [1.29, 1.82) is 0 Å². The fourth-order valence-corrected chi connectivity index (χ4v) is 4.01. The Balaban J connectivity index is 2.75. The van der Waals surface area contributed by atoms with Crippen molar-refractivity contribution in [2.24, 2.45) is 5.89 Å². The molecule has 0 N–H and O–H groups in total. The molecule has 32 heavy (non-hydrogen) atoms. The van der Waals surface area contributed by atoms with Gasteiger partial charge in [0, 0.05) is 24.9 Å². The fraction of sp³-hybridized carbons (Fsp3) is 0.536. The summed E-state index contributed by atoms with van der Waals surface area (Å²) in [6, 6.07) is -4.64. The van der Waals surface area contributed by atoms with Crippen LogP contribution in [-0.2, 0) is 10.3 Å². The van der Waals surface area contributed by atoms with Gasteiger partial charge in [-0.15, -0.1) is 0 Å². The van der Waals surface area contributed by atoms with E-state index in [2.05, 4.69) is 4.85 Å². The largest absolute Gasteiger partial charge is 0.358 e. The van der Waals surface area contributed by atoms with E-state index in [9.17, 15) is 6.85 Å². The summed E-state index contributed by atoms with van der Waals surface area (Å²) in [6.07, 6.45) is -5.85. The van der Waals surface area contributed by atoms with Gasteiger partial charge in [0.2, 0.25) is 0 Å². The summed E-state index contributed by atoms with van der Waals surface area (Å²) < 4.78 is 137. The maximum absolute atomic E-state index is 15.1. The van der Waals surface area contributed by atoms with Gasteiger partial charge in [-0.05, 0) is 113 Å². The second-order valence-corrected chi connectivity index (χ2v) is 8.26. The van der Waals surface area contributed by atoms with E-state index in [0.717, 1.165) is 20.8 Å². The van der Waals surface area contributed by atoms with Gasteiger partial charge in [0.05, 0.1) is 18.1 Å². The molecule has 3 atom stereocenters. The molecule has 0 aliphatic carbocycles. The molecule has 1 heterocycles. The smallest absolute Gasteiger partial charge is 0.193 e. The van der Waals surface area contributed by atoms with Gasteiger partial charge < -0.3 is 9.64 Å². The zero-order valence-electron chi connectivity index (χ0n) is 32.7. The lowest BCUT2D eigenvalue weighted by Crippen LogP contribution is -2.36. The van der Waals surface area contributed by atoms with Crippen LogP contribution in [0.15, 0.2) is 18.1 Å². The van der Waals surface area contributed by atoms with Gasteiger partial charge in [-0.25, -0.2) is 9.24 Å². The average Bonchev–Trinajstić information content (AvgIpc) is 3.11. The molecule has 0 aromatic heterocycles. The predicted molar refractivity (Wildman–Crippen MR) is 130 cm³/mol. The van der Waals surface area contributed by atoms with Crippen molar-refractivity contribution in [2.45, 2.75) is 79.5 Å². The molecule has 3 rings (SSSR count). The SMILES string of the molecule is [2H]c1c([2H])c([C@]2(C([2H])([2H])C([2H])(C)C([2H])([2H])N(C([2H])([2H])[2H])C([2H])(C)C)OC([2H])(C)c3c(C)c([N+]#[C-])c(C)c([2H])c32)c(C)c(C)c1F. The third kappa shape index (κ3) is 3.98. The number of ether oxygens (including phenoxy) is 1. The molecule has 0 bridgehead atoms. The Morgan fingerprint density at radius 2 is 1.97 bits per heavy atom. The Labute approximate surface area is 211 Å². The van der Waals surface area contributed by atoms with Gasteiger partial charge in [0.25, 0.3) is 0 Å². The Kier molecular flexibility index (Phi) is 3.45. The molecule has 2 aromatic carbocycles. The summed E-state index contributed by atoms with van der Waals surface area (Å²) >= 11 is 0. The molecule has 0 spiro atoms. The standard InChI is InChI=1S/C28H37FN2O/c1-16(2)31(10)15-17(3)14-28(23-11-12-25(29)20(6)19(23)5)24-13-18(4)27(30-9)21(7)26(24)22(8)32-28/h11-13,16-17,22H,14-15H2,1-8,10H3/t17?,22?,28-/m0/s1/i10D3,11D,12D,13D,14D2,15D2,16D,17D,22D. The highest BCUT2D eigenvalue weighted by atomic mass is 19.1. The lowest BCUT2D eigenvalue weighted by molar-refractivity contribution is -0.0568. The van der Waals surface area contributed by atoms with Crippen LogP contribution < -0.4 is 0 Å². The third-order valence-corrected chi connectivity index (χ3v) is 5.78. The van der Waals surface area contributed by atoms with Gasteiger partial charge in [0.1, 0.15) is 11.4 Å². The van der Waals surface area contributed by atoms with Crippen molar-refractivity contribution in [1.82, 2.24) is 4.90 Å². The molecular weight excluding hydrogens is 399 g/mol. The lowest BCUT2D eigenvalue weighted by Gasteiger charge is -2.37. The number of nitrogens with zero attached hydrogens (tertiary/aromatic N) is 2. The summed E-state index contributed by atoms with van der Waals surface area (Å²) in [5.74, 6) is -4.36. The van der Waals surface area contributed by atoms with Crippen LogP contribution >= 0.6 is 0 Å². The topological polar surface area (TPSA) is 16.8 Å². The highest BCUT2D eigenvalue weighted by molar-refractivity contribution is 5.66. The highest BCUT2D eigenvalue weighted by Gasteiger charge is 2.48. The second-order valence-electron chi connectivity index (χ2n) is 8.26. The van der Waals surface area contributed by atoms with Crippen molar-refractivity contribution in [3.8, 4) is 0 Å². The first-order valence-corrected chi connectivity index (χ1v) is 10.2. The Hall–Kier alpha value is -2.22. The van der Waals surface area contributed by atoms with Crippen LogP contribution in [0.25, 0.3) is 4.85 Å². The third-order valence-electron chi connectivity index (χ3n) is 5.78. The summed E-state index contributed by atoms with van der Waals surface area (Å²) in [4.78, 5) is 3.56. The summed E-state index contributed by atoms with van der Waals surface area (Å²) in [5.41, 5.74) is -4.30. The number of benzene rings is 2. The van der Waals surface area contributed by atoms with Crippen LogP contribution in [-0.4, -0.2) is 24.4 Å². The summed E-state index contributed by atoms with van der Waals surface area (Å²) in [7, 11) is 0. The van der Waals surface area contributed by atoms with Crippen LogP contribution in [0.2, 0.25) is 0 Å². The summed E-state index contributed by atoms with van der Waals surface area (Å²) in [5, 5.41) is 0. The van der Waals surface area contributed by atoms with Crippen molar-refractivity contribution in [2.75, 3.05) is 13.5 Å². The average molecular weight is 450 g/mol. The Bertz CT molecular complexity index is 1580. The Morgan fingerprint density at radius 3 is 2.56 bits per heavy atom. The van der Waals surface area contributed by atoms with Gasteiger partial charge in [-0.1, -0.05) is 19.0 Å². The number of halogens is 1. The van der Waals surface area contributed by atoms with Gasteiger partial charge >= 0.3 is 0 Å². The van der Waals surface area contributed by atoms with Crippen molar-refractivity contribution >= 4 is 5.69 Å². The molecule has 0 radical (unpaired) electrons. The molecule has 1 aliphatic rings. The minimum Gasteiger partial charge on any atom is -0.358 e. The molecule has 0 saturated carbocycles. The first kappa shape index (κ1) is 12.3. The quantitative estimate of drug-likeness (QED) is 0.430. The maximum Gasteiger partial charge on any atom is 0.193 e. The molecule has 0 amide bonds. The van der Waals surface area contributed by atoms with Crippen molar-refractivity contribution < 1.29 is 26.9 Å². The fourth-order valence-electron chi connectivity index (χ4n) is 4.01. The van der Waals surface area contributed by atoms with E-state index in [1.54, 1.807) is 0 Å². The van der Waals surface area contributed by atoms with Crippen LogP contribution in [0, 0.1) is 46.0 Å². The van der Waals surface area contributed by atoms with Crippen LogP contribution in [0.3, 0.4) is 0 Å². The van der Waals surface area contributed by atoms with Crippen LogP contribution in [0.4, 0.5) is 10.1 Å². The molecule has 172 valence electrons. The molecular formula is C28H37FN2O. The zero-order chi connectivity index (χ0) is 35.4. The van der Waals surface area contributed by atoms with Crippen LogP contribution in [0.1, 0.15) is 96.9 Å². The molecule has 0 saturated heterocycles. The molecule has 1 aliphatic heterocycles. The minimum absolute atomic E-state index is 0.0232. The monoisotopic (exact) mass is 449 g/mol. The van der Waals surface area contributed by atoms with Crippen LogP contribution in [0.5, 0.6) is 0 Å². The van der Waals surface area contributed by atoms with Crippen molar-refractivity contribution in [3.05, 3.63) is 74.3 Å². The molecule has 0 fully saturated rings. The lowest BCUT2D eigenvalue weighted by atomic mass is 9.75. The van der Waals surface area contributed by atoms with Crippen molar-refractivity contribution in [3.63, 3.8) is 0 Å². The first-order chi connectivity index (χ1) is 19.9. The molecule has 3 nitrogen and oxygen atoms in total. The van der Waals surface area contributed by atoms with E-state index in [4.69, 9.17) is 22.3 Å².